The zero-order chi connectivity index (χ0) is 22.5. The molecule has 0 saturated heterocycles. The molecule has 0 amide bonds. The van der Waals surface area contributed by atoms with Gasteiger partial charge in [0.25, 0.3) is 5.56 Å². The molecule has 0 aliphatic heterocycles. The van der Waals surface area contributed by atoms with E-state index in [2.05, 4.69) is 0 Å². The van der Waals surface area contributed by atoms with Crippen molar-refractivity contribution in [3.8, 4) is 0 Å². The van der Waals surface area contributed by atoms with Crippen LogP contribution in [0.2, 0.25) is 0 Å². The van der Waals surface area contributed by atoms with Gasteiger partial charge in [-0.1, -0.05) is 30.3 Å². The molecule has 0 bridgehead atoms. The van der Waals surface area contributed by atoms with Gasteiger partial charge in [0.2, 0.25) is 5.78 Å². The van der Waals surface area contributed by atoms with E-state index in [4.69, 9.17) is 14.9 Å². The third-order valence-electron chi connectivity index (χ3n) is 4.54. The first kappa shape index (κ1) is 21.6. The Balaban J connectivity index is 1.80. The number of carbonyl (C=O) groups excluding carboxylic acids is 2. The molecule has 3 aromatic rings. The molecule has 1 aromatic carbocycles. The number of anilines is 1. The molecule has 2 aromatic heterocycles. The first-order chi connectivity index (χ1) is 14.8. The number of benzene rings is 1. The molecule has 0 unspecified atom stereocenters. The highest BCUT2D eigenvalue weighted by Crippen LogP contribution is 2.10. The molecule has 3 rings (SSSR count). The number of Topliss-reactive ketones (excluding diaryl/α,β-unsaturated/α-hetero) is 1. The number of nitrogens with two attached hydrogens (primary N) is 1. The van der Waals surface area contributed by atoms with Crippen LogP contribution < -0.4 is 17.0 Å². The summed E-state index contributed by atoms with van der Waals surface area (Å²) in [5.74, 6) is -0.752. The molecule has 0 radical (unpaired) electrons. The second-order valence-electron chi connectivity index (χ2n) is 6.79. The van der Waals surface area contributed by atoms with Crippen LogP contribution in [0.5, 0.6) is 0 Å². The number of ketones is 1. The molecule has 0 spiro atoms. The summed E-state index contributed by atoms with van der Waals surface area (Å²) >= 11 is 0. The first-order valence-electron chi connectivity index (χ1n) is 9.35. The van der Waals surface area contributed by atoms with Gasteiger partial charge in [-0.25, -0.2) is 9.59 Å². The molecule has 0 aliphatic carbocycles. The molecule has 0 fully saturated rings. The van der Waals surface area contributed by atoms with Gasteiger partial charge in [-0.2, -0.15) is 0 Å². The van der Waals surface area contributed by atoms with Crippen LogP contribution in [0.15, 0.2) is 62.5 Å². The summed E-state index contributed by atoms with van der Waals surface area (Å²) in [5, 5.41) is 0. The van der Waals surface area contributed by atoms with Crippen molar-refractivity contribution < 1.29 is 18.7 Å². The van der Waals surface area contributed by atoms with Gasteiger partial charge in [-0.15, -0.1) is 0 Å². The van der Waals surface area contributed by atoms with Gasteiger partial charge < -0.3 is 14.9 Å². The van der Waals surface area contributed by atoms with E-state index in [-0.39, 0.29) is 12.4 Å². The van der Waals surface area contributed by atoms with Crippen LogP contribution in [0.1, 0.15) is 27.4 Å². The average Bonchev–Trinajstić information content (AvgIpc) is 3.18. The van der Waals surface area contributed by atoms with Crippen LogP contribution in [0.4, 0.5) is 5.82 Å². The van der Waals surface area contributed by atoms with Crippen LogP contribution in [0.25, 0.3) is 6.08 Å². The van der Waals surface area contributed by atoms with Gasteiger partial charge in [0.05, 0.1) is 6.54 Å². The number of esters is 1. The van der Waals surface area contributed by atoms with E-state index in [1.807, 2.05) is 6.07 Å². The Morgan fingerprint density at radius 3 is 2.48 bits per heavy atom. The van der Waals surface area contributed by atoms with Gasteiger partial charge in [0.1, 0.15) is 22.9 Å². The summed E-state index contributed by atoms with van der Waals surface area (Å²) in [6.07, 6.45) is 2.50. The fourth-order valence-electron chi connectivity index (χ4n) is 2.91. The minimum Gasteiger partial charge on any atom is -0.462 e. The molecule has 2 heterocycles. The van der Waals surface area contributed by atoms with Crippen molar-refractivity contribution in [2.75, 3.05) is 12.3 Å². The molecule has 9 nitrogen and oxygen atoms in total. The number of hydrogen-bond donors (Lipinski definition) is 1. The molecule has 0 atom stereocenters. The summed E-state index contributed by atoms with van der Waals surface area (Å²) in [4.78, 5) is 49.5. The normalized spacial score (nSPS) is 11.0. The Morgan fingerprint density at radius 1 is 1.13 bits per heavy atom. The fourth-order valence-corrected chi connectivity index (χ4v) is 2.91. The van der Waals surface area contributed by atoms with Crippen molar-refractivity contribution in [1.29, 1.82) is 0 Å². The van der Waals surface area contributed by atoms with Crippen LogP contribution in [-0.2, 0) is 23.1 Å². The maximum atomic E-state index is 12.6. The number of nitrogen functional groups attached to an aromatic ring is 1. The monoisotopic (exact) mass is 423 g/mol. The maximum absolute atomic E-state index is 12.6. The topological polar surface area (TPSA) is 127 Å². The minimum atomic E-state index is -0.852. The number of hydrogen-bond acceptors (Lipinski definition) is 7. The van der Waals surface area contributed by atoms with Crippen LogP contribution >= 0.6 is 0 Å². The number of furan rings is 1. The lowest BCUT2D eigenvalue weighted by atomic mass is 10.2. The van der Waals surface area contributed by atoms with Crippen LogP contribution in [0.3, 0.4) is 0 Å². The molecule has 160 valence electrons. The molecule has 0 aliphatic rings. The Bertz CT molecular complexity index is 1260. The standard InChI is InChI=1S/C22H21N3O6/c1-14-8-9-16(31-14)10-11-18(27)30-13-17(26)19-20(23)25(22(29)24(2)21(19)28)12-15-6-4-3-5-7-15/h3-11H,12-13,23H2,1-2H3/b11-10+. The summed E-state index contributed by atoms with van der Waals surface area (Å²) in [6.45, 7) is 1.13. The highest BCUT2D eigenvalue weighted by molar-refractivity contribution is 6.01. The zero-order valence-electron chi connectivity index (χ0n) is 17.0. The summed E-state index contributed by atoms with van der Waals surface area (Å²) in [5.41, 5.74) is 4.86. The van der Waals surface area contributed by atoms with Crippen LogP contribution in [-0.4, -0.2) is 27.5 Å². The number of aryl methyl sites for hydroxylation is 1. The second-order valence-corrected chi connectivity index (χ2v) is 6.79. The van der Waals surface area contributed by atoms with Crippen molar-refractivity contribution in [3.05, 3.63) is 92.0 Å². The summed E-state index contributed by atoms with van der Waals surface area (Å²) in [6, 6.07) is 12.4. The predicted molar refractivity (Wildman–Crippen MR) is 114 cm³/mol. The van der Waals surface area contributed by atoms with Crippen molar-refractivity contribution in [2.24, 2.45) is 7.05 Å². The Morgan fingerprint density at radius 2 is 1.84 bits per heavy atom. The third-order valence-corrected chi connectivity index (χ3v) is 4.54. The van der Waals surface area contributed by atoms with E-state index in [0.29, 0.717) is 11.5 Å². The largest absolute Gasteiger partial charge is 0.462 e. The van der Waals surface area contributed by atoms with E-state index in [9.17, 15) is 19.2 Å². The van der Waals surface area contributed by atoms with Gasteiger partial charge in [-0.3, -0.25) is 18.7 Å². The average molecular weight is 423 g/mol. The van der Waals surface area contributed by atoms with Gasteiger partial charge in [0.15, 0.2) is 6.61 Å². The molecule has 0 saturated carbocycles. The van der Waals surface area contributed by atoms with Crippen LogP contribution in [0, 0.1) is 6.92 Å². The van der Waals surface area contributed by atoms with Crippen molar-refractivity contribution in [1.82, 2.24) is 9.13 Å². The number of rotatable bonds is 7. The lowest BCUT2D eigenvalue weighted by Crippen LogP contribution is -2.43. The van der Waals surface area contributed by atoms with Gasteiger partial charge in [-0.05, 0) is 30.7 Å². The highest BCUT2D eigenvalue weighted by atomic mass is 16.5. The highest BCUT2D eigenvalue weighted by Gasteiger charge is 2.22. The first-order valence-corrected chi connectivity index (χ1v) is 9.35. The van der Waals surface area contributed by atoms with Crippen molar-refractivity contribution >= 4 is 23.6 Å². The molecular formula is C22H21N3O6. The lowest BCUT2D eigenvalue weighted by Gasteiger charge is -2.14. The maximum Gasteiger partial charge on any atom is 0.332 e. The van der Waals surface area contributed by atoms with Gasteiger partial charge >= 0.3 is 11.7 Å². The molecular weight excluding hydrogens is 402 g/mol. The van der Waals surface area contributed by atoms with E-state index < -0.39 is 35.2 Å². The van der Waals surface area contributed by atoms with E-state index in [1.165, 1.54) is 13.1 Å². The number of ether oxygens (including phenoxy) is 1. The minimum absolute atomic E-state index is 0.0744. The van der Waals surface area contributed by atoms with E-state index in [0.717, 1.165) is 20.8 Å². The summed E-state index contributed by atoms with van der Waals surface area (Å²) < 4.78 is 12.1. The fraction of sp³-hybridized carbons (Fsp3) is 0.182. The SMILES string of the molecule is Cc1ccc(/C=C/C(=O)OCC(=O)c2c(N)n(Cc3ccccc3)c(=O)n(C)c2=O)o1. The summed E-state index contributed by atoms with van der Waals surface area (Å²) in [7, 11) is 1.25. The van der Waals surface area contributed by atoms with Crippen molar-refractivity contribution in [2.45, 2.75) is 13.5 Å². The lowest BCUT2D eigenvalue weighted by molar-refractivity contribution is -0.136. The van der Waals surface area contributed by atoms with Gasteiger partial charge in [0, 0.05) is 13.1 Å². The Kier molecular flexibility index (Phi) is 6.35. The smallest absolute Gasteiger partial charge is 0.332 e. The molecule has 9 heteroatoms. The Hall–Kier alpha value is -4.14. The quantitative estimate of drug-likeness (QED) is 0.347. The van der Waals surface area contributed by atoms with E-state index >= 15 is 0 Å². The Labute approximate surface area is 177 Å². The van der Waals surface area contributed by atoms with E-state index in [1.54, 1.807) is 43.3 Å². The number of aromatic nitrogens is 2. The molecule has 31 heavy (non-hydrogen) atoms. The number of nitrogens with zero attached hydrogens (tertiary/aromatic N) is 2. The molecule has 2 N–H and O–H groups in total. The predicted octanol–water partition coefficient (Wildman–Crippen LogP) is 1.52. The third kappa shape index (κ3) is 4.89. The second kappa shape index (κ2) is 9.12. The van der Waals surface area contributed by atoms with Crippen molar-refractivity contribution in [3.63, 3.8) is 0 Å². The number of carbonyl (C=O) groups is 2. The zero-order valence-corrected chi connectivity index (χ0v) is 17.0.